The van der Waals surface area contributed by atoms with Crippen molar-refractivity contribution in [2.24, 2.45) is 0 Å². The minimum Gasteiger partial charge on any atom is -0.389 e. The van der Waals surface area contributed by atoms with Gasteiger partial charge in [0.2, 0.25) is 0 Å². The van der Waals surface area contributed by atoms with E-state index < -0.39 is 5.60 Å². The van der Waals surface area contributed by atoms with Crippen molar-refractivity contribution in [1.82, 2.24) is 10.2 Å². The van der Waals surface area contributed by atoms with E-state index >= 15 is 0 Å². The van der Waals surface area contributed by atoms with E-state index in [-0.39, 0.29) is 0 Å². The number of rotatable bonds is 6. The predicted molar refractivity (Wildman–Crippen MR) is 68.7 cm³/mol. The van der Waals surface area contributed by atoms with Crippen LogP contribution >= 0.6 is 0 Å². The molecule has 3 nitrogen and oxygen atoms in total. The summed E-state index contributed by atoms with van der Waals surface area (Å²) in [6, 6.07) is 0.604. The topological polar surface area (TPSA) is 35.5 Å². The summed E-state index contributed by atoms with van der Waals surface area (Å²) < 4.78 is 0. The van der Waals surface area contributed by atoms with E-state index in [4.69, 9.17) is 0 Å². The SMILES string of the molecule is CCN1CCC(NCC(O)(CC)CC)CC1. The zero-order valence-corrected chi connectivity index (χ0v) is 11.1. The second-order valence-electron chi connectivity index (χ2n) is 5.02. The monoisotopic (exact) mass is 228 g/mol. The molecule has 1 rings (SSSR count). The number of hydrogen-bond acceptors (Lipinski definition) is 3. The van der Waals surface area contributed by atoms with Crippen LogP contribution < -0.4 is 5.32 Å². The van der Waals surface area contributed by atoms with Gasteiger partial charge in [-0.1, -0.05) is 20.8 Å². The summed E-state index contributed by atoms with van der Waals surface area (Å²) in [6.07, 6.45) is 4.11. The van der Waals surface area contributed by atoms with Gasteiger partial charge >= 0.3 is 0 Å². The van der Waals surface area contributed by atoms with Gasteiger partial charge in [-0.2, -0.15) is 0 Å². The van der Waals surface area contributed by atoms with E-state index in [2.05, 4.69) is 31.0 Å². The van der Waals surface area contributed by atoms with Crippen molar-refractivity contribution in [3.05, 3.63) is 0 Å². The molecule has 0 aromatic heterocycles. The lowest BCUT2D eigenvalue weighted by Crippen LogP contribution is -2.48. The summed E-state index contributed by atoms with van der Waals surface area (Å²) in [5.74, 6) is 0. The van der Waals surface area contributed by atoms with Crippen LogP contribution in [0.4, 0.5) is 0 Å². The summed E-state index contributed by atoms with van der Waals surface area (Å²) in [6.45, 7) is 10.7. The summed E-state index contributed by atoms with van der Waals surface area (Å²) in [4.78, 5) is 2.49. The van der Waals surface area contributed by atoms with Crippen molar-refractivity contribution in [3.8, 4) is 0 Å². The molecule has 0 aliphatic carbocycles. The van der Waals surface area contributed by atoms with Crippen LogP contribution in [-0.2, 0) is 0 Å². The second-order valence-corrected chi connectivity index (χ2v) is 5.02. The zero-order valence-electron chi connectivity index (χ0n) is 11.1. The van der Waals surface area contributed by atoms with E-state index in [9.17, 15) is 5.11 Å². The molecule has 1 saturated heterocycles. The molecule has 16 heavy (non-hydrogen) atoms. The number of hydrogen-bond donors (Lipinski definition) is 2. The highest BCUT2D eigenvalue weighted by Gasteiger charge is 2.24. The molecule has 3 heteroatoms. The first kappa shape index (κ1) is 13.9. The van der Waals surface area contributed by atoms with Crippen LogP contribution in [0.15, 0.2) is 0 Å². The third-order valence-corrected chi connectivity index (χ3v) is 4.07. The Morgan fingerprint density at radius 2 is 1.75 bits per heavy atom. The second kappa shape index (κ2) is 6.58. The molecule has 0 aromatic carbocycles. The van der Waals surface area contributed by atoms with Crippen molar-refractivity contribution in [2.45, 2.75) is 58.1 Å². The van der Waals surface area contributed by atoms with E-state index in [1.807, 2.05) is 0 Å². The highest BCUT2D eigenvalue weighted by Crippen LogP contribution is 2.15. The first-order valence-electron chi connectivity index (χ1n) is 6.81. The van der Waals surface area contributed by atoms with Gasteiger partial charge in [-0.25, -0.2) is 0 Å². The van der Waals surface area contributed by atoms with Gasteiger partial charge in [0.1, 0.15) is 0 Å². The van der Waals surface area contributed by atoms with Crippen LogP contribution in [0.3, 0.4) is 0 Å². The van der Waals surface area contributed by atoms with Gasteiger partial charge in [-0.05, 0) is 45.3 Å². The molecule has 0 amide bonds. The standard InChI is InChI=1S/C13H28N2O/c1-4-13(16,5-2)11-14-12-7-9-15(6-3)10-8-12/h12,14,16H,4-11H2,1-3H3. The van der Waals surface area contributed by atoms with Crippen LogP contribution in [0, 0.1) is 0 Å². The lowest BCUT2D eigenvalue weighted by molar-refractivity contribution is 0.0273. The van der Waals surface area contributed by atoms with Crippen LogP contribution in [0.1, 0.15) is 46.5 Å². The molecule has 0 radical (unpaired) electrons. The highest BCUT2D eigenvalue weighted by atomic mass is 16.3. The number of nitrogens with one attached hydrogen (secondary N) is 1. The predicted octanol–water partition coefficient (Wildman–Crippen LogP) is 1.61. The van der Waals surface area contributed by atoms with Gasteiger partial charge < -0.3 is 15.3 Å². The average molecular weight is 228 g/mol. The minimum absolute atomic E-state index is 0.498. The number of aliphatic hydroxyl groups is 1. The fourth-order valence-electron chi connectivity index (χ4n) is 2.29. The van der Waals surface area contributed by atoms with Crippen molar-refractivity contribution >= 4 is 0 Å². The molecule has 0 bridgehead atoms. The van der Waals surface area contributed by atoms with Gasteiger partial charge in [0.05, 0.1) is 5.60 Å². The summed E-state index contributed by atoms with van der Waals surface area (Å²) in [5, 5.41) is 13.7. The van der Waals surface area contributed by atoms with Crippen molar-refractivity contribution in [1.29, 1.82) is 0 Å². The molecule has 0 atom stereocenters. The smallest absolute Gasteiger partial charge is 0.0766 e. The molecule has 96 valence electrons. The summed E-state index contributed by atoms with van der Waals surface area (Å²) in [7, 11) is 0. The van der Waals surface area contributed by atoms with E-state index in [0.29, 0.717) is 6.04 Å². The Balaban J connectivity index is 2.24. The normalized spacial score (nSPS) is 20.2. The summed E-state index contributed by atoms with van der Waals surface area (Å²) in [5.41, 5.74) is -0.498. The quantitative estimate of drug-likeness (QED) is 0.725. The molecule has 0 unspecified atom stereocenters. The Morgan fingerprint density at radius 3 is 2.19 bits per heavy atom. The van der Waals surface area contributed by atoms with Gasteiger partial charge in [-0.3, -0.25) is 0 Å². The highest BCUT2D eigenvalue weighted by molar-refractivity contribution is 4.83. The van der Waals surface area contributed by atoms with Crippen LogP contribution in [-0.4, -0.2) is 47.8 Å². The Labute approximate surface area is 100 Å². The number of likely N-dealkylation sites (tertiary alicyclic amines) is 1. The third-order valence-electron chi connectivity index (χ3n) is 4.07. The van der Waals surface area contributed by atoms with Gasteiger partial charge in [0, 0.05) is 12.6 Å². The van der Waals surface area contributed by atoms with Crippen molar-refractivity contribution in [2.75, 3.05) is 26.2 Å². The molecule has 2 N–H and O–H groups in total. The minimum atomic E-state index is -0.498. The number of piperidine rings is 1. The van der Waals surface area contributed by atoms with Crippen molar-refractivity contribution in [3.63, 3.8) is 0 Å². The van der Waals surface area contributed by atoms with Gasteiger partial charge in [0.25, 0.3) is 0 Å². The van der Waals surface area contributed by atoms with E-state index in [1.165, 1.54) is 32.5 Å². The van der Waals surface area contributed by atoms with E-state index in [1.54, 1.807) is 0 Å². The molecular weight excluding hydrogens is 200 g/mol. The molecule has 0 aromatic rings. The Morgan fingerprint density at radius 1 is 1.19 bits per heavy atom. The fourth-order valence-corrected chi connectivity index (χ4v) is 2.29. The maximum atomic E-state index is 10.2. The molecule has 0 saturated carbocycles. The average Bonchev–Trinajstić information content (AvgIpc) is 2.36. The Kier molecular flexibility index (Phi) is 5.73. The molecule has 0 spiro atoms. The Hall–Kier alpha value is -0.120. The lowest BCUT2D eigenvalue weighted by atomic mass is 9.96. The first-order valence-corrected chi connectivity index (χ1v) is 6.81. The molecule has 1 fully saturated rings. The number of nitrogens with zero attached hydrogens (tertiary/aromatic N) is 1. The third kappa shape index (κ3) is 4.04. The molecule has 1 aliphatic rings. The van der Waals surface area contributed by atoms with Crippen LogP contribution in [0.25, 0.3) is 0 Å². The molecular formula is C13H28N2O. The maximum absolute atomic E-state index is 10.2. The lowest BCUT2D eigenvalue weighted by Gasteiger charge is -2.34. The fraction of sp³-hybridized carbons (Fsp3) is 1.00. The van der Waals surface area contributed by atoms with Gasteiger partial charge in [0.15, 0.2) is 0 Å². The summed E-state index contributed by atoms with van der Waals surface area (Å²) >= 11 is 0. The maximum Gasteiger partial charge on any atom is 0.0766 e. The largest absolute Gasteiger partial charge is 0.389 e. The Bertz CT molecular complexity index is 184. The van der Waals surface area contributed by atoms with Gasteiger partial charge in [-0.15, -0.1) is 0 Å². The van der Waals surface area contributed by atoms with Crippen molar-refractivity contribution < 1.29 is 5.11 Å². The van der Waals surface area contributed by atoms with Crippen LogP contribution in [0.5, 0.6) is 0 Å². The van der Waals surface area contributed by atoms with E-state index in [0.717, 1.165) is 19.4 Å². The molecule has 1 heterocycles. The van der Waals surface area contributed by atoms with Crippen LogP contribution in [0.2, 0.25) is 0 Å². The zero-order chi connectivity index (χ0) is 12.0. The first-order chi connectivity index (χ1) is 7.63. The molecule has 1 aliphatic heterocycles.